The maximum Gasteiger partial charge on any atom is 0.272 e. The van der Waals surface area contributed by atoms with Crippen LogP contribution in [0.15, 0.2) is 48.7 Å². The Bertz CT molecular complexity index is 1380. The molecule has 3 fully saturated rings. The van der Waals surface area contributed by atoms with Gasteiger partial charge in [0, 0.05) is 36.6 Å². The monoisotopic (exact) mass is 540 g/mol. The van der Waals surface area contributed by atoms with Gasteiger partial charge >= 0.3 is 0 Å². The van der Waals surface area contributed by atoms with E-state index >= 15 is 0 Å². The lowest BCUT2D eigenvalue weighted by atomic mass is 9.76. The number of ketones is 1. The number of benzene rings is 1. The van der Waals surface area contributed by atoms with Gasteiger partial charge in [0.05, 0.1) is 23.7 Å². The molecule has 1 saturated carbocycles. The van der Waals surface area contributed by atoms with Gasteiger partial charge in [0.15, 0.2) is 5.78 Å². The number of H-pyrrole nitrogens is 1. The van der Waals surface area contributed by atoms with E-state index in [1.165, 1.54) is 37.7 Å². The quantitative estimate of drug-likeness (QED) is 0.390. The van der Waals surface area contributed by atoms with Gasteiger partial charge < -0.3 is 14.8 Å². The summed E-state index contributed by atoms with van der Waals surface area (Å²) >= 11 is 0. The number of Topliss-reactive ketones (excluding diaryl/α,β-unsaturated/α-hetero) is 1. The highest BCUT2D eigenvalue weighted by molar-refractivity contribution is 6.01. The van der Waals surface area contributed by atoms with Gasteiger partial charge in [-0.25, -0.2) is 0 Å². The molecular formula is C33H40N4O3. The molecule has 1 N–H and O–H groups in total. The predicted molar refractivity (Wildman–Crippen MR) is 155 cm³/mol. The lowest BCUT2D eigenvalue weighted by Gasteiger charge is -2.39. The zero-order chi connectivity index (χ0) is 28.0. The first-order valence-corrected chi connectivity index (χ1v) is 14.9. The molecule has 210 valence electrons. The number of piperazine rings is 1. The molecule has 7 heteroatoms. The molecule has 2 bridgehead atoms. The Kier molecular flexibility index (Phi) is 7.01. The van der Waals surface area contributed by atoms with Crippen LogP contribution in [0.2, 0.25) is 0 Å². The van der Waals surface area contributed by atoms with E-state index in [4.69, 9.17) is 0 Å². The summed E-state index contributed by atoms with van der Waals surface area (Å²) in [7, 11) is 0. The van der Waals surface area contributed by atoms with Gasteiger partial charge in [0.2, 0.25) is 5.91 Å². The SMILES string of the molecule is CC(C)(C)[C@H](CC(=O)c1cc2ccccc2[nH]1)C(=O)N1C[C@@H]2C[C@H]1CN2C(=O)c1ccc(C2CCCCC2)cn1. The van der Waals surface area contributed by atoms with Gasteiger partial charge in [0.1, 0.15) is 5.69 Å². The van der Waals surface area contributed by atoms with E-state index in [1.54, 1.807) is 0 Å². The summed E-state index contributed by atoms with van der Waals surface area (Å²) in [5.41, 5.74) is 2.82. The summed E-state index contributed by atoms with van der Waals surface area (Å²) in [5, 5.41) is 0.990. The number of nitrogens with zero attached hydrogens (tertiary/aromatic N) is 3. The van der Waals surface area contributed by atoms with Crippen LogP contribution < -0.4 is 0 Å². The number of hydrogen-bond donors (Lipinski definition) is 1. The average molecular weight is 541 g/mol. The minimum Gasteiger partial charge on any atom is -0.352 e. The van der Waals surface area contributed by atoms with E-state index < -0.39 is 5.92 Å². The summed E-state index contributed by atoms with van der Waals surface area (Å²) in [6, 6.07) is 13.6. The van der Waals surface area contributed by atoms with E-state index in [0.717, 1.165) is 17.3 Å². The van der Waals surface area contributed by atoms with Crippen molar-refractivity contribution in [2.45, 2.75) is 83.7 Å². The normalized spacial score (nSPS) is 22.2. The number of para-hydroxylation sites is 1. The first-order valence-electron chi connectivity index (χ1n) is 14.9. The number of pyridine rings is 1. The Hall–Kier alpha value is -3.48. The maximum atomic E-state index is 13.9. The van der Waals surface area contributed by atoms with Crippen LogP contribution in [-0.2, 0) is 4.79 Å². The molecule has 2 aliphatic heterocycles. The van der Waals surface area contributed by atoms with Crippen LogP contribution >= 0.6 is 0 Å². The molecule has 40 heavy (non-hydrogen) atoms. The minimum absolute atomic E-state index is 0.00806. The molecule has 0 spiro atoms. The number of carbonyl (C=O) groups excluding carboxylic acids is 3. The van der Waals surface area contributed by atoms with Crippen LogP contribution in [-0.4, -0.2) is 62.5 Å². The van der Waals surface area contributed by atoms with E-state index in [-0.39, 0.29) is 41.5 Å². The number of likely N-dealkylation sites (tertiary alicyclic amines) is 2. The minimum atomic E-state index is -0.441. The van der Waals surface area contributed by atoms with Gasteiger partial charge in [-0.3, -0.25) is 19.4 Å². The molecule has 2 amide bonds. The van der Waals surface area contributed by atoms with Crippen LogP contribution in [0.5, 0.6) is 0 Å². The van der Waals surface area contributed by atoms with Gasteiger partial charge in [-0.2, -0.15) is 0 Å². The number of fused-ring (bicyclic) bond motifs is 3. The summed E-state index contributed by atoms with van der Waals surface area (Å²) < 4.78 is 0. The van der Waals surface area contributed by atoms with Crippen LogP contribution in [0.25, 0.3) is 10.9 Å². The van der Waals surface area contributed by atoms with Gasteiger partial charge in [-0.15, -0.1) is 0 Å². The van der Waals surface area contributed by atoms with Crippen molar-refractivity contribution < 1.29 is 14.4 Å². The van der Waals surface area contributed by atoms with E-state index in [0.29, 0.717) is 30.4 Å². The number of carbonyl (C=O) groups is 3. The highest BCUT2D eigenvalue weighted by Gasteiger charge is 2.50. The van der Waals surface area contributed by atoms with Gasteiger partial charge in [-0.1, -0.05) is 64.3 Å². The maximum absolute atomic E-state index is 13.9. The molecule has 2 saturated heterocycles. The molecule has 3 aliphatic rings. The summed E-state index contributed by atoms with van der Waals surface area (Å²) in [6.07, 6.45) is 9.10. The fraction of sp³-hybridized carbons (Fsp3) is 0.515. The summed E-state index contributed by atoms with van der Waals surface area (Å²) in [4.78, 5) is 52.2. The van der Waals surface area contributed by atoms with Crippen LogP contribution in [0, 0.1) is 11.3 Å². The number of amides is 2. The summed E-state index contributed by atoms with van der Waals surface area (Å²) in [5.74, 6) is 0.0476. The molecular weight excluding hydrogens is 500 g/mol. The van der Waals surface area contributed by atoms with Crippen LogP contribution in [0.3, 0.4) is 0 Å². The van der Waals surface area contributed by atoms with Crippen molar-refractivity contribution in [2.24, 2.45) is 11.3 Å². The van der Waals surface area contributed by atoms with E-state index in [1.807, 2.05) is 73.2 Å². The van der Waals surface area contributed by atoms with Crippen LogP contribution in [0.4, 0.5) is 0 Å². The number of hydrogen-bond acceptors (Lipinski definition) is 4. The van der Waals surface area contributed by atoms with E-state index in [9.17, 15) is 14.4 Å². The molecule has 1 aliphatic carbocycles. The third-order valence-electron chi connectivity index (χ3n) is 9.43. The Morgan fingerprint density at radius 2 is 1.70 bits per heavy atom. The number of nitrogens with one attached hydrogen (secondary N) is 1. The zero-order valence-electron chi connectivity index (χ0n) is 23.9. The fourth-order valence-electron chi connectivity index (χ4n) is 7.03. The molecule has 4 heterocycles. The Morgan fingerprint density at radius 3 is 2.35 bits per heavy atom. The van der Waals surface area contributed by atoms with Gasteiger partial charge in [-0.05, 0) is 54.4 Å². The van der Waals surface area contributed by atoms with Gasteiger partial charge in [0.25, 0.3) is 5.91 Å². The standard InChI is InChI=1S/C33H40N4O3/c1-33(2,3)26(17-30(38)29-15-22-11-7-8-12-27(22)35-29)31(39)36-19-25-16-24(36)20-37(25)32(40)28-14-13-23(18-34-28)21-9-5-4-6-10-21/h7-8,11-15,18,21,24-26,35H,4-6,9-10,16-17,19-20H2,1-3H3/t24-,25-,26+/m0/s1. The molecule has 1 aromatic carbocycles. The third kappa shape index (κ3) is 5.06. The summed E-state index contributed by atoms with van der Waals surface area (Å²) in [6.45, 7) is 7.12. The highest BCUT2D eigenvalue weighted by Crippen LogP contribution is 2.38. The molecule has 0 unspecified atom stereocenters. The molecule has 2 aromatic heterocycles. The lowest BCUT2D eigenvalue weighted by molar-refractivity contribution is -0.141. The second-order valence-electron chi connectivity index (χ2n) is 13.1. The fourth-order valence-corrected chi connectivity index (χ4v) is 7.03. The molecule has 6 rings (SSSR count). The molecule has 0 radical (unpaired) electrons. The molecule has 3 aromatic rings. The first kappa shape index (κ1) is 26.7. The van der Waals surface area contributed by atoms with Crippen molar-refractivity contribution in [1.29, 1.82) is 0 Å². The average Bonchev–Trinajstić information content (AvgIpc) is 3.69. The van der Waals surface area contributed by atoms with Crippen molar-refractivity contribution in [3.63, 3.8) is 0 Å². The number of aromatic nitrogens is 2. The Morgan fingerprint density at radius 1 is 0.975 bits per heavy atom. The lowest BCUT2D eigenvalue weighted by Crippen LogP contribution is -2.53. The largest absolute Gasteiger partial charge is 0.352 e. The molecule has 7 nitrogen and oxygen atoms in total. The predicted octanol–water partition coefficient (Wildman–Crippen LogP) is 5.97. The van der Waals surface area contributed by atoms with Crippen molar-refractivity contribution >= 4 is 28.5 Å². The van der Waals surface area contributed by atoms with Crippen LogP contribution in [0.1, 0.15) is 98.2 Å². The Labute approximate surface area is 236 Å². The van der Waals surface area contributed by atoms with Crippen molar-refractivity contribution in [1.82, 2.24) is 19.8 Å². The van der Waals surface area contributed by atoms with Crippen molar-refractivity contribution in [3.05, 3.63) is 65.6 Å². The smallest absolute Gasteiger partial charge is 0.272 e. The van der Waals surface area contributed by atoms with Crippen molar-refractivity contribution in [3.8, 4) is 0 Å². The van der Waals surface area contributed by atoms with Crippen molar-refractivity contribution in [2.75, 3.05) is 13.1 Å². The second-order valence-corrected chi connectivity index (χ2v) is 13.1. The number of rotatable bonds is 6. The third-order valence-corrected chi connectivity index (χ3v) is 9.43. The highest BCUT2D eigenvalue weighted by atomic mass is 16.2. The van der Waals surface area contributed by atoms with E-state index in [2.05, 4.69) is 16.0 Å². The second kappa shape index (κ2) is 10.5. The zero-order valence-corrected chi connectivity index (χ0v) is 23.9. The molecule has 3 atom stereocenters. The topological polar surface area (TPSA) is 86.4 Å². The first-order chi connectivity index (χ1) is 19.2. The Balaban J connectivity index is 1.11. The number of aromatic amines is 1.